The van der Waals surface area contributed by atoms with E-state index in [4.69, 9.17) is 0 Å². The Morgan fingerprint density at radius 2 is 1.88 bits per heavy atom. The smallest absolute Gasteiger partial charge is 0.269 e. The zero-order chi connectivity index (χ0) is 17.8. The lowest BCUT2D eigenvalue weighted by Crippen LogP contribution is -2.13. The van der Waals surface area contributed by atoms with Gasteiger partial charge in [-0.1, -0.05) is 18.2 Å². The highest BCUT2D eigenvalue weighted by Gasteiger charge is 2.11. The summed E-state index contributed by atoms with van der Waals surface area (Å²) in [5.74, 6) is -0.458. The molecule has 0 saturated heterocycles. The molecule has 0 radical (unpaired) electrons. The molecule has 1 aromatic heterocycles. The van der Waals surface area contributed by atoms with E-state index in [1.807, 2.05) is 0 Å². The lowest BCUT2D eigenvalue weighted by Gasteiger charge is -2.04. The second-order valence-electron chi connectivity index (χ2n) is 5.25. The van der Waals surface area contributed by atoms with Gasteiger partial charge in [0, 0.05) is 35.5 Å². The highest BCUT2D eigenvalue weighted by Crippen LogP contribution is 2.14. The molecule has 0 bridgehead atoms. The van der Waals surface area contributed by atoms with Crippen molar-refractivity contribution in [1.29, 1.82) is 0 Å². The highest BCUT2D eigenvalue weighted by atomic mass is 19.1. The van der Waals surface area contributed by atoms with Crippen molar-refractivity contribution in [1.82, 2.24) is 9.78 Å². The Morgan fingerprint density at radius 3 is 2.56 bits per heavy atom. The predicted molar refractivity (Wildman–Crippen MR) is 88.8 cm³/mol. The lowest BCUT2D eigenvalue weighted by atomic mass is 10.2. The Balaban J connectivity index is 1.67. The van der Waals surface area contributed by atoms with Gasteiger partial charge in [0.1, 0.15) is 5.82 Å². The van der Waals surface area contributed by atoms with Gasteiger partial charge >= 0.3 is 0 Å². The fourth-order valence-corrected chi connectivity index (χ4v) is 2.24. The molecule has 0 aliphatic heterocycles. The van der Waals surface area contributed by atoms with Crippen molar-refractivity contribution in [2.75, 3.05) is 5.32 Å². The molecule has 1 amide bonds. The first-order valence-corrected chi connectivity index (χ1v) is 7.35. The number of benzene rings is 2. The van der Waals surface area contributed by atoms with Gasteiger partial charge in [0.05, 0.1) is 11.5 Å². The van der Waals surface area contributed by atoms with E-state index in [9.17, 15) is 19.3 Å². The second kappa shape index (κ2) is 6.91. The van der Waals surface area contributed by atoms with Crippen LogP contribution in [0, 0.1) is 15.9 Å². The van der Waals surface area contributed by atoms with Crippen molar-refractivity contribution < 1.29 is 14.1 Å². The molecule has 1 N–H and O–H groups in total. The second-order valence-corrected chi connectivity index (χ2v) is 5.25. The molecule has 3 aromatic rings. The highest BCUT2D eigenvalue weighted by molar-refractivity contribution is 6.03. The van der Waals surface area contributed by atoms with E-state index in [-0.39, 0.29) is 23.6 Å². The molecule has 8 heteroatoms. The Kier molecular flexibility index (Phi) is 4.51. The molecule has 126 valence electrons. The molecule has 0 aliphatic carbocycles. The van der Waals surface area contributed by atoms with E-state index in [2.05, 4.69) is 10.4 Å². The van der Waals surface area contributed by atoms with Gasteiger partial charge in [0.2, 0.25) is 0 Å². The first-order valence-electron chi connectivity index (χ1n) is 7.35. The number of aromatic nitrogens is 2. The minimum absolute atomic E-state index is 0.0919. The number of hydrogen-bond acceptors (Lipinski definition) is 4. The molecule has 0 saturated carbocycles. The Bertz CT molecular complexity index is 922. The van der Waals surface area contributed by atoms with Gasteiger partial charge in [-0.25, -0.2) is 4.39 Å². The minimum Gasteiger partial charge on any atom is -0.305 e. The Morgan fingerprint density at radius 1 is 1.16 bits per heavy atom. The van der Waals surface area contributed by atoms with Crippen LogP contribution < -0.4 is 5.32 Å². The van der Waals surface area contributed by atoms with Gasteiger partial charge in [0.15, 0.2) is 5.82 Å². The lowest BCUT2D eigenvalue weighted by molar-refractivity contribution is -0.384. The van der Waals surface area contributed by atoms with Gasteiger partial charge in [-0.3, -0.25) is 19.6 Å². The summed E-state index contributed by atoms with van der Waals surface area (Å²) >= 11 is 0. The molecule has 0 spiro atoms. The summed E-state index contributed by atoms with van der Waals surface area (Å²) in [7, 11) is 0. The van der Waals surface area contributed by atoms with Crippen LogP contribution in [0.15, 0.2) is 60.8 Å². The maximum atomic E-state index is 13.6. The first-order chi connectivity index (χ1) is 12.0. The molecule has 2 aromatic carbocycles. The van der Waals surface area contributed by atoms with Crippen LogP contribution in [0.25, 0.3) is 0 Å². The minimum atomic E-state index is -0.536. The van der Waals surface area contributed by atoms with Crippen LogP contribution in [0.4, 0.5) is 15.9 Å². The molecule has 0 atom stereocenters. The number of nitro groups is 1. The monoisotopic (exact) mass is 340 g/mol. The van der Waals surface area contributed by atoms with Crippen molar-refractivity contribution in [3.8, 4) is 0 Å². The Labute approximate surface area is 141 Å². The van der Waals surface area contributed by atoms with Crippen molar-refractivity contribution >= 4 is 17.4 Å². The largest absolute Gasteiger partial charge is 0.305 e. The van der Waals surface area contributed by atoms with Crippen LogP contribution in [0.2, 0.25) is 0 Å². The predicted octanol–water partition coefficient (Wildman–Crippen LogP) is 3.23. The molecule has 0 aliphatic rings. The number of non-ortho nitro benzene ring substituents is 1. The van der Waals surface area contributed by atoms with Crippen LogP contribution >= 0.6 is 0 Å². The van der Waals surface area contributed by atoms with Gasteiger partial charge in [0.25, 0.3) is 11.6 Å². The van der Waals surface area contributed by atoms with E-state index < -0.39 is 10.8 Å². The number of nitrogens with one attached hydrogen (secondary N) is 1. The van der Waals surface area contributed by atoms with Crippen LogP contribution in [-0.2, 0) is 6.54 Å². The Hall–Kier alpha value is -3.55. The molecule has 0 fully saturated rings. The molecule has 7 nitrogen and oxygen atoms in total. The van der Waals surface area contributed by atoms with E-state index in [1.54, 1.807) is 30.5 Å². The SMILES string of the molecule is O=C(Nc1ccn(Cc2ccccc2F)n1)c1ccc([N+](=O)[O-])cc1. The molecular weight excluding hydrogens is 327 g/mol. The van der Waals surface area contributed by atoms with Gasteiger partial charge in [-0.2, -0.15) is 5.10 Å². The molecule has 25 heavy (non-hydrogen) atoms. The quantitative estimate of drug-likeness (QED) is 0.570. The fraction of sp³-hybridized carbons (Fsp3) is 0.0588. The number of halogens is 1. The summed E-state index contributed by atoms with van der Waals surface area (Å²) in [6, 6.07) is 13.2. The molecule has 3 rings (SSSR count). The van der Waals surface area contributed by atoms with Crippen molar-refractivity contribution in [2.45, 2.75) is 6.54 Å². The van der Waals surface area contributed by atoms with Crippen molar-refractivity contribution in [2.24, 2.45) is 0 Å². The van der Waals surface area contributed by atoms with Crippen LogP contribution in [0.3, 0.4) is 0 Å². The van der Waals surface area contributed by atoms with Gasteiger partial charge < -0.3 is 5.32 Å². The van der Waals surface area contributed by atoms with Crippen molar-refractivity contribution in [3.05, 3.63) is 87.9 Å². The van der Waals surface area contributed by atoms with E-state index >= 15 is 0 Å². The summed E-state index contributed by atoms with van der Waals surface area (Å²) in [5, 5.41) is 17.4. The third-order valence-corrected chi connectivity index (χ3v) is 3.51. The zero-order valence-corrected chi connectivity index (χ0v) is 12.9. The van der Waals surface area contributed by atoms with E-state index in [0.717, 1.165) is 0 Å². The molecular formula is C17H13FN4O3. The maximum Gasteiger partial charge on any atom is 0.269 e. The normalized spacial score (nSPS) is 10.4. The summed E-state index contributed by atoms with van der Waals surface area (Å²) in [4.78, 5) is 22.2. The van der Waals surface area contributed by atoms with Crippen molar-refractivity contribution in [3.63, 3.8) is 0 Å². The first kappa shape index (κ1) is 16.3. The summed E-state index contributed by atoms with van der Waals surface area (Å²) in [6.45, 7) is 0.236. The van der Waals surface area contributed by atoms with Crippen LogP contribution in [-0.4, -0.2) is 20.6 Å². The van der Waals surface area contributed by atoms with Crippen LogP contribution in [0.1, 0.15) is 15.9 Å². The van der Waals surface area contributed by atoms with Gasteiger partial charge in [-0.05, 0) is 18.2 Å². The summed E-state index contributed by atoms with van der Waals surface area (Å²) < 4.78 is 15.1. The number of nitro benzene ring substituents is 1. The topological polar surface area (TPSA) is 90.1 Å². The standard InChI is InChI=1S/C17H13FN4O3/c18-15-4-2-1-3-13(15)11-21-10-9-16(20-21)19-17(23)12-5-7-14(8-6-12)22(24)25/h1-10H,11H2,(H,19,20,23). The average molecular weight is 340 g/mol. The summed E-state index contributed by atoms with van der Waals surface area (Å²) in [6.07, 6.45) is 1.62. The fourth-order valence-electron chi connectivity index (χ4n) is 2.24. The summed E-state index contributed by atoms with van der Waals surface area (Å²) in [5.41, 5.74) is 0.666. The average Bonchev–Trinajstić information content (AvgIpc) is 3.04. The third kappa shape index (κ3) is 3.86. The van der Waals surface area contributed by atoms with Gasteiger partial charge in [-0.15, -0.1) is 0 Å². The number of nitrogens with zero attached hydrogens (tertiary/aromatic N) is 3. The maximum absolute atomic E-state index is 13.6. The number of carbonyl (C=O) groups is 1. The number of hydrogen-bond donors (Lipinski definition) is 1. The van der Waals surface area contributed by atoms with E-state index in [1.165, 1.54) is 35.0 Å². The number of anilines is 1. The third-order valence-electron chi connectivity index (χ3n) is 3.51. The zero-order valence-electron chi connectivity index (χ0n) is 12.9. The van der Waals surface area contributed by atoms with E-state index in [0.29, 0.717) is 11.4 Å². The van der Waals surface area contributed by atoms with Crippen LogP contribution in [0.5, 0.6) is 0 Å². The number of carbonyl (C=O) groups excluding carboxylic acids is 1. The number of rotatable bonds is 5. The molecule has 1 heterocycles. The molecule has 0 unspecified atom stereocenters. The number of amides is 1.